The summed E-state index contributed by atoms with van der Waals surface area (Å²) < 4.78 is 13.8. The first-order chi connectivity index (χ1) is 26.5. The number of rotatable bonds is 22. The SMILES string of the molecule is CC(=O)N(C(=O)/C=C/c1ccccc1)C(Cc1ccc(F)cc1)C(=O)NC(CCCN=C(N)N)C(=O)NC(CC(C)C)C(=O)NC(CCCN=C(N)N)C(N)=O. The van der Waals surface area contributed by atoms with Crippen LogP contribution in [0.4, 0.5) is 4.39 Å². The number of benzene rings is 2. The molecule has 13 N–H and O–H groups in total. The van der Waals surface area contributed by atoms with Gasteiger partial charge in [0.25, 0.3) is 5.91 Å². The first kappa shape index (κ1) is 45.8. The van der Waals surface area contributed by atoms with Gasteiger partial charge in [0.05, 0.1) is 0 Å². The van der Waals surface area contributed by atoms with Crippen molar-refractivity contribution in [2.75, 3.05) is 13.1 Å². The summed E-state index contributed by atoms with van der Waals surface area (Å²) in [5.41, 5.74) is 28.3. The Labute approximate surface area is 325 Å². The molecule has 4 unspecified atom stereocenters. The van der Waals surface area contributed by atoms with Gasteiger partial charge in [0.15, 0.2) is 11.9 Å². The van der Waals surface area contributed by atoms with Gasteiger partial charge < -0.3 is 44.6 Å². The maximum Gasteiger partial charge on any atom is 0.253 e. The van der Waals surface area contributed by atoms with Gasteiger partial charge in [-0.1, -0.05) is 56.3 Å². The summed E-state index contributed by atoms with van der Waals surface area (Å²) in [5.74, 6) is -5.72. The van der Waals surface area contributed by atoms with Gasteiger partial charge in [0.2, 0.25) is 29.5 Å². The van der Waals surface area contributed by atoms with Crippen LogP contribution in [0.5, 0.6) is 0 Å². The molecule has 304 valence electrons. The number of halogens is 1. The lowest BCUT2D eigenvalue weighted by Crippen LogP contribution is -2.59. The molecule has 0 heterocycles. The Morgan fingerprint density at radius 2 is 1.25 bits per heavy atom. The van der Waals surface area contributed by atoms with Gasteiger partial charge in [-0.2, -0.15) is 0 Å². The second-order valence-corrected chi connectivity index (χ2v) is 13.4. The highest BCUT2D eigenvalue weighted by atomic mass is 19.1. The van der Waals surface area contributed by atoms with Gasteiger partial charge >= 0.3 is 0 Å². The van der Waals surface area contributed by atoms with Crippen LogP contribution in [-0.4, -0.2) is 89.5 Å². The molecule has 0 aliphatic rings. The Morgan fingerprint density at radius 3 is 1.77 bits per heavy atom. The number of amides is 6. The zero-order valence-corrected chi connectivity index (χ0v) is 32.0. The van der Waals surface area contributed by atoms with Crippen LogP contribution in [-0.2, 0) is 35.2 Å². The molecular formula is C38H54FN11O6. The van der Waals surface area contributed by atoms with Crippen molar-refractivity contribution in [3.63, 3.8) is 0 Å². The van der Waals surface area contributed by atoms with Crippen LogP contribution in [0.1, 0.15) is 64.0 Å². The monoisotopic (exact) mass is 779 g/mol. The van der Waals surface area contributed by atoms with Gasteiger partial charge in [0.1, 0.15) is 30.0 Å². The fourth-order valence-electron chi connectivity index (χ4n) is 5.56. The predicted molar refractivity (Wildman–Crippen MR) is 211 cm³/mol. The standard InChI is InChI=1S/C38H54FN11O6/c1-23(2)21-30(35(55)47-28(33(40)53)11-7-19-45-37(41)42)49-34(54)29(12-8-20-46-38(43)44)48-36(56)31(22-26-13-16-27(39)17-14-26)50(24(3)51)32(52)18-15-25-9-5-4-6-10-25/h4-6,9-10,13-18,23,28-31H,7-8,11-12,19-22H2,1-3H3,(H2,40,53)(H,47,55)(H,48,56)(H,49,54)(H4,41,42,45)(H4,43,44,46)/b18-15+. The number of imide groups is 1. The van der Waals surface area contributed by atoms with Crippen LogP contribution in [0, 0.1) is 11.7 Å². The fourth-order valence-corrected chi connectivity index (χ4v) is 5.56. The number of nitrogens with zero attached hydrogens (tertiary/aromatic N) is 3. The number of aliphatic imine (C=N–C) groups is 2. The minimum Gasteiger partial charge on any atom is -0.370 e. The first-order valence-corrected chi connectivity index (χ1v) is 18.1. The molecule has 0 saturated carbocycles. The van der Waals surface area contributed by atoms with E-state index >= 15 is 0 Å². The predicted octanol–water partition coefficient (Wildman–Crippen LogP) is -0.0817. The molecule has 0 saturated heterocycles. The smallest absolute Gasteiger partial charge is 0.253 e. The average molecular weight is 780 g/mol. The quantitative estimate of drug-likeness (QED) is 0.0340. The normalized spacial score (nSPS) is 13.1. The zero-order valence-electron chi connectivity index (χ0n) is 32.0. The third kappa shape index (κ3) is 16.8. The van der Waals surface area contributed by atoms with Crippen molar-refractivity contribution in [2.24, 2.45) is 44.6 Å². The Bertz CT molecular complexity index is 1730. The van der Waals surface area contributed by atoms with Crippen molar-refractivity contribution in [3.05, 3.63) is 77.6 Å². The molecular weight excluding hydrogens is 725 g/mol. The van der Waals surface area contributed by atoms with Crippen molar-refractivity contribution >= 4 is 53.4 Å². The van der Waals surface area contributed by atoms with E-state index in [0.29, 0.717) is 17.5 Å². The highest BCUT2D eigenvalue weighted by Gasteiger charge is 2.35. The zero-order chi connectivity index (χ0) is 41.8. The largest absolute Gasteiger partial charge is 0.370 e. The van der Waals surface area contributed by atoms with Gasteiger partial charge in [-0.05, 0) is 67.4 Å². The topological polar surface area (TPSA) is 297 Å². The minimum atomic E-state index is -1.50. The molecule has 56 heavy (non-hydrogen) atoms. The van der Waals surface area contributed by atoms with Crippen LogP contribution < -0.4 is 44.6 Å². The minimum absolute atomic E-state index is 0.0374. The van der Waals surface area contributed by atoms with E-state index in [1.165, 1.54) is 30.3 Å². The van der Waals surface area contributed by atoms with Gasteiger partial charge in [-0.15, -0.1) is 0 Å². The molecule has 4 atom stereocenters. The van der Waals surface area contributed by atoms with Crippen LogP contribution in [0.2, 0.25) is 0 Å². The van der Waals surface area contributed by atoms with E-state index in [2.05, 4.69) is 25.9 Å². The molecule has 6 amide bonds. The molecule has 0 aliphatic carbocycles. The summed E-state index contributed by atoms with van der Waals surface area (Å²) in [6.45, 7) is 5.03. The number of guanidine groups is 2. The lowest BCUT2D eigenvalue weighted by Gasteiger charge is -2.30. The van der Waals surface area contributed by atoms with E-state index in [4.69, 9.17) is 28.7 Å². The van der Waals surface area contributed by atoms with Crippen molar-refractivity contribution in [1.29, 1.82) is 0 Å². The van der Waals surface area contributed by atoms with E-state index < -0.39 is 65.4 Å². The molecule has 0 aliphatic heterocycles. The summed E-state index contributed by atoms with van der Waals surface area (Å²) in [4.78, 5) is 89.2. The number of nitrogens with two attached hydrogens (primary N) is 5. The lowest BCUT2D eigenvalue weighted by atomic mass is 10.00. The van der Waals surface area contributed by atoms with Gasteiger partial charge in [-0.25, -0.2) is 4.39 Å². The molecule has 0 radical (unpaired) electrons. The molecule has 17 nitrogen and oxygen atoms in total. The number of hydrogen-bond donors (Lipinski definition) is 8. The van der Waals surface area contributed by atoms with Crippen LogP contribution in [0.25, 0.3) is 6.08 Å². The Kier molecular flexibility index (Phi) is 19.2. The summed E-state index contributed by atoms with van der Waals surface area (Å²) in [5, 5.41) is 7.92. The molecule has 2 aromatic carbocycles. The van der Waals surface area contributed by atoms with Crippen molar-refractivity contribution < 1.29 is 33.2 Å². The highest BCUT2D eigenvalue weighted by molar-refractivity contribution is 6.06. The maximum absolute atomic E-state index is 14.2. The van der Waals surface area contributed by atoms with E-state index in [1.54, 1.807) is 30.3 Å². The van der Waals surface area contributed by atoms with Crippen molar-refractivity contribution in [1.82, 2.24) is 20.9 Å². The molecule has 2 aromatic rings. The Balaban J connectivity index is 2.46. The van der Waals surface area contributed by atoms with Gasteiger partial charge in [0, 0.05) is 32.5 Å². The van der Waals surface area contributed by atoms with Crippen molar-refractivity contribution in [3.8, 4) is 0 Å². The number of primary amides is 1. The highest BCUT2D eigenvalue weighted by Crippen LogP contribution is 2.15. The molecule has 18 heteroatoms. The summed E-state index contributed by atoms with van der Waals surface area (Å²) in [6, 6.07) is 8.87. The number of carbonyl (C=O) groups excluding carboxylic acids is 6. The third-order valence-corrected chi connectivity index (χ3v) is 8.27. The van der Waals surface area contributed by atoms with E-state index in [9.17, 15) is 33.2 Å². The molecule has 0 aromatic heterocycles. The van der Waals surface area contributed by atoms with Crippen LogP contribution in [0.3, 0.4) is 0 Å². The first-order valence-electron chi connectivity index (χ1n) is 18.1. The van der Waals surface area contributed by atoms with E-state index in [0.717, 1.165) is 17.9 Å². The van der Waals surface area contributed by atoms with Crippen molar-refractivity contribution in [2.45, 2.75) is 83.5 Å². The van der Waals surface area contributed by atoms with E-state index in [-0.39, 0.29) is 63.0 Å². The van der Waals surface area contributed by atoms with Crippen LogP contribution in [0.15, 0.2) is 70.7 Å². The van der Waals surface area contributed by atoms with Crippen LogP contribution >= 0.6 is 0 Å². The molecule has 0 fully saturated rings. The van der Waals surface area contributed by atoms with Gasteiger partial charge in [-0.3, -0.25) is 43.7 Å². The molecule has 0 bridgehead atoms. The van der Waals surface area contributed by atoms with E-state index in [1.807, 2.05) is 13.8 Å². The number of hydrogen-bond acceptors (Lipinski definition) is 8. The second kappa shape index (κ2) is 23.5. The fraction of sp³-hybridized carbons (Fsp3) is 0.421. The number of carbonyl (C=O) groups is 6. The number of nitrogens with one attached hydrogen (secondary N) is 3. The Hall–Kier alpha value is -6.33. The lowest BCUT2D eigenvalue weighted by molar-refractivity contribution is -0.148. The summed E-state index contributed by atoms with van der Waals surface area (Å²) in [6.07, 6.45) is 3.13. The average Bonchev–Trinajstić information content (AvgIpc) is 3.13. The molecule has 0 spiro atoms. The third-order valence-electron chi connectivity index (χ3n) is 8.27. The maximum atomic E-state index is 14.2. The summed E-state index contributed by atoms with van der Waals surface area (Å²) in [7, 11) is 0. The Morgan fingerprint density at radius 1 is 0.732 bits per heavy atom. The summed E-state index contributed by atoms with van der Waals surface area (Å²) >= 11 is 0. The second-order valence-electron chi connectivity index (χ2n) is 13.4. The molecule has 2 rings (SSSR count).